The van der Waals surface area contributed by atoms with Crippen molar-refractivity contribution in [2.75, 3.05) is 0 Å². The molecule has 1 rings (SSSR count). The van der Waals surface area contributed by atoms with Gasteiger partial charge in [-0.25, -0.2) is 0 Å². The van der Waals surface area contributed by atoms with Gasteiger partial charge in [0.1, 0.15) is 11.7 Å². The molecule has 0 spiro atoms. The van der Waals surface area contributed by atoms with Crippen molar-refractivity contribution in [1.82, 2.24) is 0 Å². The van der Waals surface area contributed by atoms with E-state index < -0.39 is 0 Å². The van der Waals surface area contributed by atoms with Crippen LogP contribution in [0.4, 0.5) is 0 Å². The Morgan fingerprint density at radius 3 is 1.19 bits per heavy atom. The van der Waals surface area contributed by atoms with Gasteiger partial charge in [-0.2, -0.15) is 0 Å². The summed E-state index contributed by atoms with van der Waals surface area (Å²) in [7, 11) is 0. The molecular formula is C34H64O2. The lowest BCUT2D eigenvalue weighted by Crippen LogP contribution is -2.32. The van der Waals surface area contributed by atoms with Crippen LogP contribution in [0.2, 0.25) is 0 Å². The zero-order chi connectivity index (χ0) is 25.9. The standard InChI is InChI=1S/C34H64O2/c1-3-5-7-9-11-13-15-17-18-19-21-23-25-27-29-31-33-32(34(35)36-33)30-28-26-24-22-20-16-14-12-10-8-6-4-2/h31-32H,3-30H2,1-2H3. The van der Waals surface area contributed by atoms with Crippen molar-refractivity contribution in [2.45, 2.75) is 194 Å². The Bertz CT molecular complexity index is 509. The number of rotatable bonds is 28. The van der Waals surface area contributed by atoms with Crippen LogP contribution >= 0.6 is 0 Å². The molecule has 0 N–H and O–H groups in total. The number of allylic oxidation sites excluding steroid dienone is 1. The Hall–Kier alpha value is -0.790. The summed E-state index contributed by atoms with van der Waals surface area (Å²) in [5, 5.41) is 0. The quantitative estimate of drug-likeness (QED) is 0.0782. The maximum Gasteiger partial charge on any atom is 0.321 e. The van der Waals surface area contributed by atoms with Gasteiger partial charge in [-0.3, -0.25) is 4.79 Å². The summed E-state index contributed by atoms with van der Waals surface area (Å²) in [6.07, 6.45) is 40.3. The highest BCUT2D eigenvalue weighted by Crippen LogP contribution is 2.32. The molecule has 0 aromatic carbocycles. The van der Waals surface area contributed by atoms with Crippen LogP contribution in [0.5, 0.6) is 0 Å². The summed E-state index contributed by atoms with van der Waals surface area (Å²) < 4.78 is 5.35. The van der Waals surface area contributed by atoms with E-state index in [9.17, 15) is 4.79 Å². The minimum Gasteiger partial charge on any atom is -0.430 e. The molecule has 212 valence electrons. The Morgan fingerprint density at radius 2 is 0.833 bits per heavy atom. The van der Waals surface area contributed by atoms with E-state index in [1.54, 1.807) is 0 Å². The number of cyclic esters (lactones) is 1. The third-order valence-corrected chi connectivity index (χ3v) is 8.10. The van der Waals surface area contributed by atoms with Crippen LogP contribution in [-0.2, 0) is 9.53 Å². The minimum atomic E-state index is 0.0188. The van der Waals surface area contributed by atoms with E-state index in [1.807, 2.05) is 0 Å². The first-order valence-electron chi connectivity index (χ1n) is 16.7. The van der Waals surface area contributed by atoms with E-state index in [2.05, 4.69) is 19.9 Å². The van der Waals surface area contributed by atoms with Crippen molar-refractivity contribution in [1.29, 1.82) is 0 Å². The molecule has 2 heteroatoms. The third kappa shape index (κ3) is 19.3. The summed E-state index contributed by atoms with van der Waals surface area (Å²) in [6, 6.07) is 0. The fourth-order valence-electron chi connectivity index (χ4n) is 5.53. The van der Waals surface area contributed by atoms with Crippen LogP contribution in [0, 0.1) is 5.92 Å². The maximum absolute atomic E-state index is 11.9. The number of hydrogen-bond donors (Lipinski definition) is 0. The lowest BCUT2D eigenvalue weighted by Gasteiger charge is -2.28. The molecule has 0 amide bonds. The van der Waals surface area contributed by atoms with Gasteiger partial charge in [-0.1, -0.05) is 174 Å². The van der Waals surface area contributed by atoms with Crippen LogP contribution in [0.25, 0.3) is 0 Å². The number of esters is 1. The molecule has 1 saturated heterocycles. The van der Waals surface area contributed by atoms with Gasteiger partial charge >= 0.3 is 5.97 Å². The van der Waals surface area contributed by atoms with E-state index in [0.717, 1.165) is 18.6 Å². The maximum atomic E-state index is 11.9. The van der Waals surface area contributed by atoms with Crippen molar-refractivity contribution in [3.63, 3.8) is 0 Å². The first-order chi connectivity index (χ1) is 17.8. The van der Waals surface area contributed by atoms with Gasteiger partial charge in [0.25, 0.3) is 0 Å². The van der Waals surface area contributed by atoms with E-state index in [0.29, 0.717) is 0 Å². The van der Waals surface area contributed by atoms with E-state index in [1.165, 1.54) is 167 Å². The van der Waals surface area contributed by atoms with Gasteiger partial charge in [0.2, 0.25) is 0 Å². The molecular weight excluding hydrogens is 440 g/mol. The molecule has 1 atom stereocenters. The van der Waals surface area contributed by atoms with Gasteiger partial charge in [0, 0.05) is 0 Å². The predicted octanol–water partition coefficient (Wildman–Crippen LogP) is 12.0. The van der Waals surface area contributed by atoms with E-state index in [4.69, 9.17) is 4.74 Å². The minimum absolute atomic E-state index is 0.0188. The normalized spacial score (nSPS) is 16.4. The zero-order valence-corrected chi connectivity index (χ0v) is 24.8. The van der Waals surface area contributed by atoms with Gasteiger partial charge in [-0.05, 0) is 25.3 Å². The Balaban J connectivity index is 1.86. The van der Waals surface area contributed by atoms with Crippen LogP contribution in [-0.4, -0.2) is 5.97 Å². The molecule has 0 saturated carbocycles. The monoisotopic (exact) mass is 504 g/mol. The largest absolute Gasteiger partial charge is 0.430 e. The lowest BCUT2D eigenvalue weighted by atomic mass is 9.93. The first kappa shape index (κ1) is 33.2. The van der Waals surface area contributed by atoms with Crippen LogP contribution in [0.15, 0.2) is 11.8 Å². The first-order valence-corrected chi connectivity index (χ1v) is 16.7. The van der Waals surface area contributed by atoms with E-state index in [-0.39, 0.29) is 11.9 Å². The molecule has 1 heterocycles. The molecule has 0 aromatic heterocycles. The second-order valence-corrected chi connectivity index (χ2v) is 11.6. The molecule has 0 aliphatic carbocycles. The van der Waals surface area contributed by atoms with Crippen LogP contribution in [0.3, 0.4) is 0 Å². The van der Waals surface area contributed by atoms with Crippen molar-refractivity contribution in [2.24, 2.45) is 5.92 Å². The second kappa shape index (κ2) is 25.8. The molecule has 36 heavy (non-hydrogen) atoms. The lowest BCUT2D eigenvalue weighted by molar-refractivity contribution is -0.157. The van der Waals surface area contributed by atoms with Crippen molar-refractivity contribution < 1.29 is 9.53 Å². The fourth-order valence-corrected chi connectivity index (χ4v) is 5.53. The third-order valence-electron chi connectivity index (χ3n) is 8.10. The highest BCUT2D eigenvalue weighted by atomic mass is 16.6. The summed E-state index contributed by atoms with van der Waals surface area (Å²) >= 11 is 0. The number of unbranched alkanes of at least 4 members (excludes halogenated alkanes) is 25. The van der Waals surface area contributed by atoms with Gasteiger partial charge in [-0.15, -0.1) is 0 Å². The molecule has 1 fully saturated rings. The highest BCUT2D eigenvalue weighted by Gasteiger charge is 2.36. The van der Waals surface area contributed by atoms with Gasteiger partial charge in [0.05, 0.1) is 0 Å². The summed E-state index contributed by atoms with van der Waals surface area (Å²) in [4.78, 5) is 11.9. The Kier molecular flexibility index (Phi) is 23.9. The topological polar surface area (TPSA) is 26.3 Å². The summed E-state index contributed by atoms with van der Waals surface area (Å²) in [6.45, 7) is 4.57. The number of carbonyl (C=O) groups is 1. The average Bonchev–Trinajstić information content (AvgIpc) is 2.88. The molecule has 1 aliphatic heterocycles. The van der Waals surface area contributed by atoms with Crippen molar-refractivity contribution >= 4 is 5.97 Å². The highest BCUT2D eigenvalue weighted by molar-refractivity contribution is 5.82. The molecule has 1 unspecified atom stereocenters. The van der Waals surface area contributed by atoms with Crippen molar-refractivity contribution in [3.05, 3.63) is 11.8 Å². The second-order valence-electron chi connectivity index (χ2n) is 11.6. The molecule has 0 radical (unpaired) electrons. The van der Waals surface area contributed by atoms with Crippen LogP contribution in [0.1, 0.15) is 194 Å². The summed E-state index contributed by atoms with van der Waals surface area (Å²) in [5.41, 5.74) is 0. The average molecular weight is 505 g/mol. The van der Waals surface area contributed by atoms with Crippen LogP contribution < -0.4 is 0 Å². The number of carbonyl (C=O) groups excluding carboxylic acids is 1. The summed E-state index contributed by atoms with van der Waals surface area (Å²) in [5.74, 6) is 1.09. The molecule has 2 nitrogen and oxygen atoms in total. The molecule has 1 aliphatic rings. The molecule has 0 bridgehead atoms. The van der Waals surface area contributed by atoms with Crippen molar-refractivity contribution in [3.8, 4) is 0 Å². The Labute approximate surface area is 226 Å². The Morgan fingerprint density at radius 1 is 0.500 bits per heavy atom. The fraction of sp³-hybridized carbons (Fsp3) is 0.912. The van der Waals surface area contributed by atoms with Gasteiger partial charge < -0.3 is 4.74 Å². The number of hydrogen-bond acceptors (Lipinski definition) is 2. The van der Waals surface area contributed by atoms with E-state index >= 15 is 0 Å². The predicted molar refractivity (Wildman–Crippen MR) is 158 cm³/mol. The smallest absolute Gasteiger partial charge is 0.321 e. The SMILES string of the molecule is CCCCCCCCCCCCCCCCC=C1OC(=O)C1CCCCCCCCCCCCCC. The zero-order valence-electron chi connectivity index (χ0n) is 24.8. The van der Waals surface area contributed by atoms with Gasteiger partial charge in [0.15, 0.2) is 0 Å². The number of ether oxygens (including phenoxy) is 1. The molecule has 0 aromatic rings.